The average molecular weight is 405 g/mol. The average Bonchev–Trinajstić information content (AvgIpc) is 2.91. The maximum absolute atomic E-state index is 12.1. The topological polar surface area (TPSA) is 70.9 Å². The fourth-order valence-electron chi connectivity index (χ4n) is 2.08. The van der Waals surface area contributed by atoms with Crippen LogP contribution in [-0.2, 0) is 4.79 Å². The van der Waals surface area contributed by atoms with E-state index < -0.39 is 0 Å². The van der Waals surface area contributed by atoms with Gasteiger partial charge in [0.2, 0.25) is 0 Å². The highest BCUT2D eigenvalue weighted by molar-refractivity contribution is 9.10. The van der Waals surface area contributed by atoms with Crippen LogP contribution in [0.2, 0.25) is 0 Å². The number of hydrogen-bond donors (Lipinski definition) is 2. The van der Waals surface area contributed by atoms with E-state index in [-0.39, 0.29) is 11.7 Å². The lowest BCUT2D eigenvalue weighted by Gasteiger charge is -2.06. The fourth-order valence-corrected chi connectivity index (χ4v) is 3.34. The van der Waals surface area contributed by atoms with E-state index in [4.69, 9.17) is 4.74 Å². The van der Waals surface area contributed by atoms with Crippen LogP contribution in [0.1, 0.15) is 5.56 Å². The lowest BCUT2D eigenvalue weighted by molar-refractivity contribution is -0.115. The van der Waals surface area contributed by atoms with Crippen molar-refractivity contribution in [3.05, 3.63) is 57.4 Å². The van der Waals surface area contributed by atoms with Gasteiger partial charge in [-0.2, -0.15) is 0 Å². The normalized spacial score (nSPS) is 17.3. The Kier molecular flexibility index (Phi) is 4.92. The predicted molar refractivity (Wildman–Crippen MR) is 99.6 cm³/mol. The summed E-state index contributed by atoms with van der Waals surface area (Å²) in [6.45, 7) is 0. The van der Waals surface area contributed by atoms with E-state index in [9.17, 15) is 9.90 Å². The van der Waals surface area contributed by atoms with Crippen LogP contribution in [0.3, 0.4) is 0 Å². The summed E-state index contributed by atoms with van der Waals surface area (Å²) >= 11 is 4.66. The van der Waals surface area contributed by atoms with Crippen molar-refractivity contribution >= 4 is 50.5 Å². The Bertz CT molecular complexity index is 850. The molecule has 2 N–H and O–H groups in total. The highest BCUT2D eigenvalue weighted by Crippen LogP contribution is 2.35. The van der Waals surface area contributed by atoms with Gasteiger partial charge in [-0.05, 0) is 47.7 Å². The Morgan fingerprint density at radius 1 is 1.29 bits per heavy atom. The van der Waals surface area contributed by atoms with Crippen molar-refractivity contribution in [3.8, 4) is 11.5 Å². The third-order valence-corrected chi connectivity index (χ3v) is 4.82. The minimum Gasteiger partial charge on any atom is -0.504 e. The van der Waals surface area contributed by atoms with Crippen LogP contribution in [-0.4, -0.2) is 23.3 Å². The van der Waals surface area contributed by atoms with E-state index in [1.54, 1.807) is 12.1 Å². The quantitative estimate of drug-likeness (QED) is 0.756. The summed E-state index contributed by atoms with van der Waals surface area (Å²) in [5.41, 5.74) is 1.44. The van der Waals surface area contributed by atoms with Crippen LogP contribution >= 0.6 is 27.7 Å². The van der Waals surface area contributed by atoms with Gasteiger partial charge in [-0.1, -0.05) is 34.1 Å². The molecule has 0 spiro atoms. The number of aromatic hydroxyl groups is 1. The van der Waals surface area contributed by atoms with E-state index >= 15 is 0 Å². The number of carbonyl (C=O) groups is 1. The number of rotatable bonds is 3. The predicted octanol–water partition coefficient (Wildman–Crippen LogP) is 4.05. The van der Waals surface area contributed by atoms with Gasteiger partial charge in [0, 0.05) is 4.47 Å². The lowest BCUT2D eigenvalue weighted by atomic mass is 10.2. The molecule has 7 heteroatoms. The number of hydrogen-bond acceptors (Lipinski definition) is 5. The van der Waals surface area contributed by atoms with Crippen molar-refractivity contribution in [2.24, 2.45) is 4.99 Å². The van der Waals surface area contributed by atoms with Crippen molar-refractivity contribution in [1.82, 2.24) is 5.32 Å². The minimum atomic E-state index is -0.225. The van der Waals surface area contributed by atoms with Gasteiger partial charge in [-0.25, -0.2) is 4.99 Å². The molecule has 1 fully saturated rings. The highest BCUT2D eigenvalue weighted by atomic mass is 79.9. The SMILES string of the molecule is COc1cc(Br)c(/C=C2\SC(=Nc3ccccc3)NC2=O)cc1O. The molecule has 3 rings (SSSR count). The van der Waals surface area contributed by atoms with Crippen LogP contribution in [0.4, 0.5) is 5.69 Å². The molecule has 122 valence electrons. The first-order valence-electron chi connectivity index (χ1n) is 6.98. The van der Waals surface area contributed by atoms with Crippen LogP contribution in [0.15, 0.2) is 56.8 Å². The number of methoxy groups -OCH3 is 1. The fraction of sp³-hybridized carbons (Fsp3) is 0.0588. The first kappa shape index (κ1) is 16.6. The molecule has 1 aliphatic rings. The first-order valence-corrected chi connectivity index (χ1v) is 8.59. The van der Waals surface area contributed by atoms with Gasteiger partial charge in [-0.3, -0.25) is 4.79 Å². The van der Waals surface area contributed by atoms with E-state index in [1.807, 2.05) is 30.3 Å². The van der Waals surface area contributed by atoms with Crippen molar-refractivity contribution in [3.63, 3.8) is 0 Å². The number of ether oxygens (including phenoxy) is 1. The van der Waals surface area contributed by atoms with Gasteiger partial charge < -0.3 is 15.2 Å². The number of para-hydroxylation sites is 1. The van der Waals surface area contributed by atoms with E-state index in [0.29, 0.717) is 25.9 Å². The smallest absolute Gasteiger partial charge is 0.264 e. The number of amidine groups is 1. The van der Waals surface area contributed by atoms with Gasteiger partial charge in [0.15, 0.2) is 16.7 Å². The molecule has 1 heterocycles. The number of phenolic OH excluding ortho intramolecular Hbond substituents is 1. The summed E-state index contributed by atoms with van der Waals surface area (Å²) in [6, 6.07) is 12.6. The zero-order valence-electron chi connectivity index (χ0n) is 12.6. The second-order valence-electron chi connectivity index (χ2n) is 4.86. The summed E-state index contributed by atoms with van der Waals surface area (Å²) < 4.78 is 5.77. The van der Waals surface area contributed by atoms with Gasteiger partial charge >= 0.3 is 0 Å². The third-order valence-electron chi connectivity index (χ3n) is 3.22. The molecule has 0 bridgehead atoms. The maximum atomic E-state index is 12.1. The van der Waals surface area contributed by atoms with E-state index in [1.165, 1.54) is 24.9 Å². The molecule has 0 saturated carbocycles. The van der Waals surface area contributed by atoms with Crippen molar-refractivity contribution in [2.75, 3.05) is 7.11 Å². The molecule has 0 atom stereocenters. The third kappa shape index (κ3) is 3.63. The minimum absolute atomic E-state index is 0.00845. The van der Waals surface area contributed by atoms with Gasteiger partial charge in [-0.15, -0.1) is 0 Å². The number of thioether (sulfide) groups is 1. The zero-order valence-corrected chi connectivity index (χ0v) is 15.0. The number of carbonyl (C=O) groups excluding carboxylic acids is 1. The number of amides is 1. The summed E-state index contributed by atoms with van der Waals surface area (Å²) in [5, 5.41) is 13.1. The number of benzene rings is 2. The molecule has 1 amide bonds. The highest BCUT2D eigenvalue weighted by Gasteiger charge is 2.24. The van der Waals surface area contributed by atoms with Crippen molar-refractivity contribution in [2.45, 2.75) is 0 Å². The molecule has 0 radical (unpaired) electrons. The molecule has 0 aliphatic carbocycles. The molecule has 1 aliphatic heterocycles. The lowest BCUT2D eigenvalue weighted by Crippen LogP contribution is -2.19. The second kappa shape index (κ2) is 7.11. The monoisotopic (exact) mass is 404 g/mol. The second-order valence-corrected chi connectivity index (χ2v) is 6.75. The number of aliphatic imine (C=N–C) groups is 1. The van der Waals surface area contributed by atoms with Crippen LogP contribution < -0.4 is 10.1 Å². The molecule has 2 aromatic rings. The summed E-state index contributed by atoms with van der Waals surface area (Å²) in [5.74, 6) is 0.143. The Morgan fingerprint density at radius 3 is 2.75 bits per heavy atom. The standard InChI is InChI=1S/C17H13BrN2O3S/c1-23-14-9-12(18)10(7-13(14)21)8-15-16(22)20-17(24-15)19-11-5-3-2-4-6-11/h2-9,21H,1H3,(H,19,20,22)/b15-8-. The molecule has 2 aromatic carbocycles. The number of phenols is 1. The van der Waals surface area contributed by atoms with Crippen LogP contribution in [0.25, 0.3) is 6.08 Å². The summed E-state index contributed by atoms with van der Waals surface area (Å²) in [7, 11) is 1.48. The largest absolute Gasteiger partial charge is 0.504 e. The van der Waals surface area contributed by atoms with Crippen molar-refractivity contribution < 1.29 is 14.6 Å². The number of halogens is 1. The number of nitrogens with one attached hydrogen (secondary N) is 1. The van der Waals surface area contributed by atoms with Crippen molar-refractivity contribution in [1.29, 1.82) is 0 Å². The van der Waals surface area contributed by atoms with Gasteiger partial charge in [0.1, 0.15) is 0 Å². The number of nitrogens with zero attached hydrogens (tertiary/aromatic N) is 1. The molecular formula is C17H13BrN2O3S. The molecule has 5 nitrogen and oxygen atoms in total. The Morgan fingerprint density at radius 2 is 2.04 bits per heavy atom. The first-order chi connectivity index (χ1) is 11.6. The molecule has 1 saturated heterocycles. The van der Waals surface area contributed by atoms with Gasteiger partial charge in [0.05, 0.1) is 17.7 Å². The maximum Gasteiger partial charge on any atom is 0.264 e. The molecule has 24 heavy (non-hydrogen) atoms. The van der Waals surface area contributed by atoms with Crippen LogP contribution in [0, 0.1) is 0 Å². The summed E-state index contributed by atoms with van der Waals surface area (Å²) in [6.07, 6.45) is 1.69. The zero-order chi connectivity index (χ0) is 17.1. The van der Waals surface area contributed by atoms with E-state index in [0.717, 1.165) is 5.69 Å². The molecule has 0 unspecified atom stereocenters. The Hall–Kier alpha value is -2.25. The van der Waals surface area contributed by atoms with Crippen LogP contribution in [0.5, 0.6) is 11.5 Å². The van der Waals surface area contributed by atoms with E-state index in [2.05, 4.69) is 26.2 Å². The Balaban J connectivity index is 1.88. The molecular weight excluding hydrogens is 392 g/mol. The van der Waals surface area contributed by atoms with Gasteiger partial charge in [0.25, 0.3) is 5.91 Å². The molecule has 0 aromatic heterocycles. The Labute approximate surface area is 151 Å². The summed E-state index contributed by atoms with van der Waals surface area (Å²) in [4.78, 5) is 17.0.